The van der Waals surface area contributed by atoms with E-state index in [2.05, 4.69) is 15.9 Å². The van der Waals surface area contributed by atoms with Crippen LogP contribution < -0.4 is 0 Å². The number of carbonyl (C=O) groups excluding carboxylic acids is 1. The van der Waals surface area contributed by atoms with Gasteiger partial charge in [0.05, 0.1) is 4.47 Å². The summed E-state index contributed by atoms with van der Waals surface area (Å²) in [5, 5.41) is 9.66. The third-order valence-electron chi connectivity index (χ3n) is 3.74. The number of halogens is 2. The second-order valence-electron chi connectivity index (χ2n) is 5.96. The lowest BCUT2D eigenvalue weighted by Gasteiger charge is -2.32. The highest BCUT2D eigenvalue weighted by Crippen LogP contribution is 2.28. The highest BCUT2D eigenvalue weighted by atomic mass is 79.9. The van der Waals surface area contributed by atoms with Gasteiger partial charge in [0.1, 0.15) is 12.4 Å². The van der Waals surface area contributed by atoms with Crippen LogP contribution >= 0.6 is 15.9 Å². The van der Waals surface area contributed by atoms with Crippen molar-refractivity contribution < 1.29 is 23.8 Å². The minimum absolute atomic E-state index is 0.0178. The maximum Gasteiger partial charge on any atom is 0.411 e. The minimum atomic E-state index is -1.36. The van der Waals surface area contributed by atoms with Gasteiger partial charge in [0, 0.05) is 6.04 Å². The van der Waals surface area contributed by atoms with Crippen LogP contribution in [-0.4, -0.2) is 28.1 Å². The van der Waals surface area contributed by atoms with Crippen LogP contribution in [0.2, 0.25) is 0 Å². The Kier molecular flexibility index (Phi) is 6.74. The van der Waals surface area contributed by atoms with Gasteiger partial charge in [-0.3, -0.25) is 4.90 Å². The number of nitrogens with zero attached hydrogens (tertiary/aromatic N) is 1. The van der Waals surface area contributed by atoms with Crippen molar-refractivity contribution >= 4 is 28.0 Å². The molecule has 0 aliphatic heterocycles. The maximum atomic E-state index is 13.9. The van der Waals surface area contributed by atoms with Crippen molar-refractivity contribution in [3.63, 3.8) is 0 Å². The highest BCUT2D eigenvalue weighted by Gasteiger charge is 2.34. The molecule has 0 aliphatic carbocycles. The zero-order chi connectivity index (χ0) is 19.3. The molecule has 0 bridgehead atoms. The van der Waals surface area contributed by atoms with Gasteiger partial charge in [0.15, 0.2) is 6.04 Å². The van der Waals surface area contributed by atoms with E-state index >= 15 is 0 Å². The molecular weight excluding hydrogens is 405 g/mol. The maximum absolute atomic E-state index is 13.9. The van der Waals surface area contributed by atoms with E-state index in [-0.39, 0.29) is 16.6 Å². The molecule has 0 aromatic heterocycles. The quantitative estimate of drug-likeness (QED) is 0.726. The van der Waals surface area contributed by atoms with Crippen LogP contribution in [0.3, 0.4) is 0 Å². The summed E-state index contributed by atoms with van der Waals surface area (Å²) in [5.74, 6) is -1.87. The summed E-state index contributed by atoms with van der Waals surface area (Å²) in [6.07, 6.45) is -0.778. The van der Waals surface area contributed by atoms with Gasteiger partial charge < -0.3 is 9.84 Å². The summed E-state index contributed by atoms with van der Waals surface area (Å²) in [6, 6.07) is 11.2. The monoisotopic (exact) mass is 423 g/mol. The molecular formula is C19H19BrFNO4. The third-order valence-corrected chi connectivity index (χ3v) is 4.39. The number of benzene rings is 2. The predicted molar refractivity (Wildman–Crippen MR) is 98.1 cm³/mol. The number of rotatable bonds is 6. The van der Waals surface area contributed by atoms with Crippen LogP contribution in [-0.2, 0) is 16.1 Å². The molecule has 0 fully saturated rings. The predicted octanol–water partition coefficient (Wildman–Crippen LogP) is 4.76. The van der Waals surface area contributed by atoms with Crippen molar-refractivity contribution in [2.45, 2.75) is 32.5 Å². The van der Waals surface area contributed by atoms with E-state index in [9.17, 15) is 19.1 Å². The second kappa shape index (κ2) is 8.80. The Balaban J connectivity index is 2.27. The molecule has 2 aromatic carbocycles. The van der Waals surface area contributed by atoms with Crippen molar-refractivity contribution in [1.29, 1.82) is 0 Å². The van der Waals surface area contributed by atoms with Crippen molar-refractivity contribution in [3.8, 4) is 0 Å². The first-order chi connectivity index (χ1) is 12.3. The Morgan fingerprint density at radius 3 is 2.38 bits per heavy atom. The SMILES string of the molecule is CC(C)N(C(=O)OCc1ccccc1)C(C(=O)O)c1ccc(Br)c(F)c1. The molecule has 0 spiro atoms. The van der Waals surface area contributed by atoms with Crippen molar-refractivity contribution in [3.05, 3.63) is 69.9 Å². The molecule has 7 heteroatoms. The van der Waals surface area contributed by atoms with Gasteiger partial charge in [0.2, 0.25) is 0 Å². The normalized spacial score (nSPS) is 11.9. The molecule has 1 unspecified atom stereocenters. The topological polar surface area (TPSA) is 66.8 Å². The van der Waals surface area contributed by atoms with Gasteiger partial charge in [-0.05, 0) is 53.0 Å². The van der Waals surface area contributed by atoms with Crippen LogP contribution in [0.25, 0.3) is 0 Å². The second-order valence-corrected chi connectivity index (χ2v) is 6.81. The van der Waals surface area contributed by atoms with E-state index in [0.717, 1.165) is 16.5 Å². The number of carboxylic acids is 1. The molecule has 0 saturated heterocycles. The van der Waals surface area contributed by atoms with E-state index in [4.69, 9.17) is 4.74 Å². The summed E-state index contributed by atoms with van der Waals surface area (Å²) < 4.78 is 19.4. The van der Waals surface area contributed by atoms with E-state index in [1.165, 1.54) is 12.1 Å². The number of hydrogen-bond acceptors (Lipinski definition) is 3. The Morgan fingerprint density at radius 1 is 1.19 bits per heavy atom. The largest absolute Gasteiger partial charge is 0.479 e. The number of carbonyl (C=O) groups is 2. The molecule has 1 atom stereocenters. The highest BCUT2D eigenvalue weighted by molar-refractivity contribution is 9.10. The standard InChI is InChI=1S/C19H19BrFNO4/c1-12(2)22(19(25)26-11-13-6-4-3-5-7-13)17(18(23)24)14-8-9-15(20)16(21)10-14/h3-10,12,17H,11H2,1-2H3,(H,23,24). The molecule has 0 saturated carbocycles. The Morgan fingerprint density at radius 2 is 1.85 bits per heavy atom. The number of hydrogen-bond donors (Lipinski definition) is 1. The van der Waals surface area contributed by atoms with Crippen molar-refractivity contribution in [2.75, 3.05) is 0 Å². The fourth-order valence-corrected chi connectivity index (χ4v) is 2.76. The molecule has 26 heavy (non-hydrogen) atoms. The van der Waals surface area contributed by atoms with E-state index in [0.29, 0.717) is 0 Å². The number of ether oxygens (including phenoxy) is 1. The molecule has 5 nitrogen and oxygen atoms in total. The fourth-order valence-electron chi connectivity index (χ4n) is 2.51. The first-order valence-electron chi connectivity index (χ1n) is 7.98. The van der Waals surface area contributed by atoms with E-state index in [1.807, 2.05) is 18.2 Å². The third kappa shape index (κ3) is 4.82. The molecule has 0 radical (unpaired) electrons. The lowest BCUT2D eigenvalue weighted by atomic mass is 10.0. The first-order valence-corrected chi connectivity index (χ1v) is 8.77. The van der Waals surface area contributed by atoms with Crippen molar-refractivity contribution in [2.24, 2.45) is 0 Å². The fraction of sp³-hybridized carbons (Fsp3) is 0.263. The smallest absolute Gasteiger partial charge is 0.411 e. The van der Waals surface area contributed by atoms with Gasteiger partial charge in [-0.15, -0.1) is 0 Å². The van der Waals surface area contributed by atoms with Crippen LogP contribution in [0.5, 0.6) is 0 Å². The van der Waals surface area contributed by atoms with Gasteiger partial charge in [-0.25, -0.2) is 14.0 Å². The van der Waals surface area contributed by atoms with Gasteiger partial charge in [-0.2, -0.15) is 0 Å². The summed E-state index contributed by atoms with van der Waals surface area (Å²) >= 11 is 3.03. The Bertz CT molecular complexity index is 782. The van der Waals surface area contributed by atoms with Crippen LogP contribution in [0, 0.1) is 5.82 Å². The first kappa shape index (κ1) is 19.9. The lowest BCUT2D eigenvalue weighted by molar-refractivity contribution is -0.143. The van der Waals surface area contributed by atoms with Gasteiger partial charge in [0.25, 0.3) is 0 Å². The average molecular weight is 424 g/mol. The number of amides is 1. The average Bonchev–Trinajstić information content (AvgIpc) is 2.60. The van der Waals surface area contributed by atoms with Crippen LogP contribution in [0.1, 0.15) is 31.0 Å². The summed E-state index contributed by atoms with van der Waals surface area (Å²) in [5.41, 5.74) is 0.940. The van der Waals surface area contributed by atoms with Crippen molar-refractivity contribution in [1.82, 2.24) is 4.90 Å². The zero-order valence-corrected chi connectivity index (χ0v) is 15.9. The van der Waals surface area contributed by atoms with Gasteiger partial charge >= 0.3 is 12.1 Å². The molecule has 1 amide bonds. The molecule has 0 heterocycles. The van der Waals surface area contributed by atoms with E-state index in [1.54, 1.807) is 26.0 Å². The van der Waals surface area contributed by atoms with Gasteiger partial charge in [-0.1, -0.05) is 36.4 Å². The van der Waals surface area contributed by atoms with E-state index < -0.39 is 30.0 Å². The molecule has 138 valence electrons. The molecule has 2 rings (SSSR count). The summed E-state index contributed by atoms with van der Waals surface area (Å²) in [6.45, 7) is 3.37. The minimum Gasteiger partial charge on any atom is -0.479 e. The van der Waals surface area contributed by atoms with Crippen LogP contribution in [0.4, 0.5) is 9.18 Å². The molecule has 0 aliphatic rings. The Labute approximate surface area is 159 Å². The lowest BCUT2D eigenvalue weighted by Crippen LogP contribution is -2.43. The molecule has 1 N–H and O–H groups in total. The van der Waals surface area contributed by atoms with Crippen LogP contribution in [0.15, 0.2) is 53.0 Å². The zero-order valence-electron chi connectivity index (χ0n) is 14.4. The Hall–Kier alpha value is -2.41. The summed E-state index contributed by atoms with van der Waals surface area (Å²) in [4.78, 5) is 25.5. The summed E-state index contributed by atoms with van der Waals surface area (Å²) in [7, 11) is 0. The molecule has 2 aromatic rings. The number of carboxylic acid groups (broad SMARTS) is 1. The number of aliphatic carboxylic acids is 1.